The molecule has 0 amide bonds. The van der Waals surface area contributed by atoms with Gasteiger partial charge in [-0.2, -0.15) is 18.2 Å². The Bertz CT molecular complexity index is 301. The van der Waals surface area contributed by atoms with Crippen LogP contribution in [-0.2, 0) is 22.8 Å². The number of hydrogen-bond acceptors (Lipinski definition) is 6. The van der Waals surface area contributed by atoms with Crippen LogP contribution in [0.25, 0.3) is 0 Å². The smallest absolute Gasteiger partial charge is 0.364 e. The Morgan fingerprint density at radius 3 is 2.67 bits per heavy atom. The molecular weight excluding hydrogens is 219 g/mol. The van der Waals surface area contributed by atoms with Gasteiger partial charge >= 0.3 is 6.18 Å². The lowest BCUT2D eigenvalue weighted by molar-refractivity contribution is -0.177. The number of rotatable bonds is 5. The summed E-state index contributed by atoms with van der Waals surface area (Å²) in [4.78, 5) is 7.83. The van der Waals surface area contributed by atoms with E-state index in [1.54, 1.807) is 0 Å². The largest absolute Gasteiger partial charge is 0.411 e. The van der Waals surface area contributed by atoms with Crippen LogP contribution in [0.3, 0.4) is 0 Å². The fourth-order valence-corrected chi connectivity index (χ4v) is 0.737. The quantitative estimate of drug-likeness (QED) is 0.739. The molecule has 0 saturated carbocycles. The van der Waals surface area contributed by atoms with Crippen LogP contribution >= 0.6 is 0 Å². The lowest BCUT2D eigenvalue weighted by Crippen LogP contribution is -2.17. The first-order valence-electron chi connectivity index (χ1n) is 3.79. The van der Waals surface area contributed by atoms with Crippen LogP contribution in [0, 0.1) is 0 Å². The van der Waals surface area contributed by atoms with Crippen LogP contribution in [0.5, 0.6) is 0 Å². The molecule has 1 rings (SSSR count). The molecule has 0 unspecified atom stereocenters. The molecule has 1 aromatic heterocycles. The molecule has 0 aliphatic heterocycles. The van der Waals surface area contributed by atoms with Crippen molar-refractivity contribution >= 4 is 0 Å². The van der Waals surface area contributed by atoms with E-state index in [1.165, 1.54) is 0 Å². The molecule has 9 heteroatoms. The van der Waals surface area contributed by atoms with Gasteiger partial charge in [0.15, 0.2) is 5.82 Å². The number of ether oxygens (including phenoxy) is 1. The highest BCUT2D eigenvalue weighted by Gasteiger charge is 2.27. The van der Waals surface area contributed by atoms with Crippen LogP contribution in [0.15, 0.2) is 4.52 Å². The Hall–Kier alpha value is -1.19. The topological polar surface area (TPSA) is 83.4 Å². The molecule has 1 aromatic rings. The van der Waals surface area contributed by atoms with E-state index < -0.39 is 12.8 Å². The van der Waals surface area contributed by atoms with E-state index in [4.69, 9.17) is 5.90 Å². The molecule has 0 aromatic carbocycles. The van der Waals surface area contributed by atoms with E-state index >= 15 is 0 Å². The van der Waals surface area contributed by atoms with Crippen molar-refractivity contribution in [3.8, 4) is 0 Å². The van der Waals surface area contributed by atoms with Crippen LogP contribution in [0.2, 0.25) is 0 Å². The first-order valence-corrected chi connectivity index (χ1v) is 3.79. The van der Waals surface area contributed by atoms with E-state index in [-0.39, 0.29) is 24.9 Å². The second-order valence-corrected chi connectivity index (χ2v) is 2.52. The van der Waals surface area contributed by atoms with E-state index in [0.717, 1.165) is 0 Å². The average molecular weight is 227 g/mol. The van der Waals surface area contributed by atoms with Crippen LogP contribution in [-0.4, -0.2) is 22.9 Å². The monoisotopic (exact) mass is 227 g/mol. The Balaban J connectivity index is 2.31. The fourth-order valence-electron chi connectivity index (χ4n) is 0.737. The SMILES string of the molecule is NOCc1nc(COCC(F)(F)F)no1. The lowest BCUT2D eigenvalue weighted by atomic mass is 10.6. The molecule has 0 aliphatic rings. The van der Waals surface area contributed by atoms with Gasteiger partial charge in [-0.15, -0.1) is 0 Å². The zero-order chi connectivity index (χ0) is 11.3. The summed E-state index contributed by atoms with van der Waals surface area (Å²) in [5, 5.41) is 3.34. The predicted molar refractivity (Wildman–Crippen MR) is 39.0 cm³/mol. The Labute approximate surface area is 82.1 Å². The van der Waals surface area contributed by atoms with Crippen molar-refractivity contribution in [1.29, 1.82) is 0 Å². The molecule has 0 saturated heterocycles. The van der Waals surface area contributed by atoms with Crippen molar-refractivity contribution in [3.05, 3.63) is 11.7 Å². The minimum absolute atomic E-state index is 0.00583. The van der Waals surface area contributed by atoms with Gasteiger partial charge in [-0.25, -0.2) is 5.90 Å². The zero-order valence-corrected chi connectivity index (χ0v) is 7.45. The number of alkyl halides is 3. The summed E-state index contributed by atoms with van der Waals surface area (Å²) in [5.74, 6) is 4.80. The number of halogens is 3. The standard InChI is InChI=1S/C6H8F3N3O3/c7-6(8,9)3-13-1-4-11-5(2-14-10)15-12-4/h1-3,10H2. The van der Waals surface area contributed by atoms with Crippen LogP contribution < -0.4 is 5.90 Å². The third-order valence-corrected chi connectivity index (χ3v) is 1.21. The molecule has 1 heterocycles. The van der Waals surface area contributed by atoms with Gasteiger partial charge in [0.1, 0.15) is 19.8 Å². The van der Waals surface area contributed by atoms with Gasteiger partial charge in [0.05, 0.1) is 0 Å². The van der Waals surface area contributed by atoms with E-state index in [2.05, 4.69) is 24.2 Å². The molecule has 0 fully saturated rings. The first-order chi connectivity index (χ1) is 7.01. The molecular formula is C6H8F3N3O3. The number of hydrogen-bond donors (Lipinski definition) is 1. The summed E-state index contributed by atoms with van der Waals surface area (Å²) in [6.45, 7) is -1.84. The van der Waals surface area contributed by atoms with Crippen molar-refractivity contribution in [2.75, 3.05) is 6.61 Å². The predicted octanol–water partition coefficient (Wildman–Crippen LogP) is 0.539. The normalized spacial score (nSPS) is 12.0. The molecule has 0 bridgehead atoms. The summed E-state index contributed by atoms with van der Waals surface area (Å²) in [6.07, 6.45) is -4.37. The Morgan fingerprint density at radius 1 is 1.33 bits per heavy atom. The molecule has 2 N–H and O–H groups in total. The molecule has 0 aliphatic carbocycles. The van der Waals surface area contributed by atoms with Crippen molar-refractivity contribution in [3.63, 3.8) is 0 Å². The summed E-state index contributed by atoms with van der Waals surface area (Å²) in [5.41, 5.74) is 0. The van der Waals surface area contributed by atoms with Crippen molar-refractivity contribution in [2.24, 2.45) is 5.90 Å². The fraction of sp³-hybridized carbons (Fsp3) is 0.667. The van der Waals surface area contributed by atoms with E-state index in [1.807, 2.05) is 0 Å². The zero-order valence-electron chi connectivity index (χ0n) is 7.45. The highest BCUT2D eigenvalue weighted by atomic mass is 19.4. The third-order valence-electron chi connectivity index (χ3n) is 1.21. The Morgan fingerprint density at radius 2 is 2.07 bits per heavy atom. The van der Waals surface area contributed by atoms with Gasteiger partial charge < -0.3 is 9.26 Å². The summed E-state index contributed by atoms with van der Waals surface area (Å²) in [7, 11) is 0. The van der Waals surface area contributed by atoms with Crippen molar-refractivity contribution in [2.45, 2.75) is 19.4 Å². The summed E-state index contributed by atoms with van der Waals surface area (Å²) >= 11 is 0. The number of aromatic nitrogens is 2. The molecule has 0 spiro atoms. The summed E-state index contributed by atoms with van der Waals surface area (Å²) < 4.78 is 43.8. The highest BCUT2D eigenvalue weighted by Crippen LogP contribution is 2.15. The van der Waals surface area contributed by atoms with Gasteiger partial charge in [0.2, 0.25) is 0 Å². The second kappa shape index (κ2) is 5.05. The van der Waals surface area contributed by atoms with Gasteiger partial charge in [0, 0.05) is 0 Å². The lowest BCUT2D eigenvalue weighted by Gasteiger charge is -2.04. The van der Waals surface area contributed by atoms with Gasteiger partial charge in [-0.1, -0.05) is 5.16 Å². The van der Waals surface area contributed by atoms with Crippen molar-refractivity contribution < 1.29 is 27.3 Å². The maximum absolute atomic E-state index is 11.7. The Kier molecular flexibility index (Phi) is 4.00. The van der Waals surface area contributed by atoms with Crippen LogP contribution in [0.1, 0.15) is 11.7 Å². The summed E-state index contributed by atoms with van der Waals surface area (Å²) in [6, 6.07) is 0. The number of nitrogens with zero attached hydrogens (tertiary/aromatic N) is 2. The minimum Gasteiger partial charge on any atom is -0.364 e. The average Bonchev–Trinajstić information content (AvgIpc) is 2.51. The molecule has 86 valence electrons. The maximum Gasteiger partial charge on any atom is 0.411 e. The van der Waals surface area contributed by atoms with Crippen molar-refractivity contribution in [1.82, 2.24) is 10.1 Å². The number of nitrogens with two attached hydrogens (primary N) is 1. The third kappa shape index (κ3) is 4.72. The minimum atomic E-state index is -4.37. The van der Waals surface area contributed by atoms with Gasteiger partial charge in [0.25, 0.3) is 5.89 Å². The van der Waals surface area contributed by atoms with Gasteiger partial charge in [-0.05, 0) is 0 Å². The van der Waals surface area contributed by atoms with E-state index in [0.29, 0.717) is 0 Å². The van der Waals surface area contributed by atoms with Gasteiger partial charge in [-0.3, -0.25) is 4.84 Å². The molecule has 6 nitrogen and oxygen atoms in total. The molecule has 15 heavy (non-hydrogen) atoms. The maximum atomic E-state index is 11.7. The second-order valence-electron chi connectivity index (χ2n) is 2.52. The molecule has 0 atom stereocenters. The first kappa shape index (κ1) is 11.9. The highest BCUT2D eigenvalue weighted by molar-refractivity contribution is 4.82. The van der Waals surface area contributed by atoms with Crippen LogP contribution in [0.4, 0.5) is 13.2 Å². The molecule has 0 radical (unpaired) electrons. The van der Waals surface area contributed by atoms with E-state index in [9.17, 15) is 13.2 Å².